The van der Waals surface area contributed by atoms with Gasteiger partial charge in [-0.1, -0.05) is 20.8 Å². The minimum atomic E-state index is -0.548. The number of hydrogen-bond acceptors (Lipinski definition) is 3. The molecular formula is C16H33NO2. The molecule has 0 saturated heterocycles. The van der Waals surface area contributed by atoms with Crippen LogP contribution in [0.3, 0.4) is 0 Å². The molecule has 0 aromatic heterocycles. The van der Waals surface area contributed by atoms with Crippen molar-refractivity contribution < 1.29 is 9.53 Å². The van der Waals surface area contributed by atoms with Gasteiger partial charge in [0.1, 0.15) is 5.60 Å². The summed E-state index contributed by atoms with van der Waals surface area (Å²) in [7, 11) is 0. The van der Waals surface area contributed by atoms with Gasteiger partial charge >= 0.3 is 5.97 Å². The van der Waals surface area contributed by atoms with E-state index in [-0.39, 0.29) is 16.9 Å². The summed E-state index contributed by atoms with van der Waals surface area (Å²) in [6, 6.07) is 0. The van der Waals surface area contributed by atoms with Gasteiger partial charge in [-0.05, 0) is 54.4 Å². The number of ether oxygens (including phenoxy) is 1. The molecule has 0 atom stereocenters. The lowest BCUT2D eigenvalue weighted by Gasteiger charge is -2.45. The zero-order valence-corrected chi connectivity index (χ0v) is 14.3. The maximum atomic E-state index is 12.3. The van der Waals surface area contributed by atoms with Crippen LogP contribution in [0.1, 0.15) is 75.2 Å². The molecule has 3 heteroatoms. The first kappa shape index (κ1) is 18.4. The van der Waals surface area contributed by atoms with Crippen molar-refractivity contribution in [2.75, 3.05) is 0 Å². The summed E-state index contributed by atoms with van der Waals surface area (Å²) in [6.45, 7) is 18.0. The van der Waals surface area contributed by atoms with Crippen LogP contribution in [-0.4, -0.2) is 17.1 Å². The molecule has 0 aliphatic heterocycles. The molecule has 0 aromatic rings. The van der Waals surface area contributed by atoms with Gasteiger partial charge in [-0.25, -0.2) is 0 Å². The Bertz CT molecular complexity index is 322. The minimum Gasteiger partial charge on any atom is -0.459 e. The summed E-state index contributed by atoms with van der Waals surface area (Å²) in [4.78, 5) is 12.3. The smallest absolute Gasteiger partial charge is 0.312 e. The van der Waals surface area contributed by atoms with E-state index in [1.54, 1.807) is 0 Å². The van der Waals surface area contributed by atoms with Crippen LogP contribution in [0.15, 0.2) is 0 Å². The van der Waals surface area contributed by atoms with Crippen molar-refractivity contribution >= 4 is 5.97 Å². The van der Waals surface area contributed by atoms with E-state index in [1.807, 2.05) is 48.5 Å². The Balaban J connectivity index is 5.03. The Kier molecular flexibility index (Phi) is 5.27. The monoisotopic (exact) mass is 271 g/mol. The average Bonchev–Trinajstić information content (AvgIpc) is 2.12. The molecule has 19 heavy (non-hydrogen) atoms. The second-order valence-electron chi connectivity index (χ2n) is 8.19. The highest BCUT2D eigenvalue weighted by molar-refractivity contribution is 5.76. The molecular weight excluding hydrogens is 238 g/mol. The summed E-state index contributed by atoms with van der Waals surface area (Å²) in [6.07, 6.45) is 1.55. The molecule has 0 amide bonds. The summed E-state index contributed by atoms with van der Waals surface area (Å²) in [5, 5.41) is 0. The molecule has 2 N–H and O–H groups in total. The first-order valence-corrected chi connectivity index (χ1v) is 7.17. The van der Waals surface area contributed by atoms with E-state index in [1.165, 1.54) is 0 Å². The standard InChI is InChI=1S/C16H33NO2/c1-10-13(2,3)12(18)19-16(8,9)14(4,5)11-15(6,7)17/h10-11,17H2,1-9H3. The maximum Gasteiger partial charge on any atom is 0.312 e. The molecule has 3 nitrogen and oxygen atoms in total. The quantitative estimate of drug-likeness (QED) is 0.745. The second kappa shape index (κ2) is 5.43. The normalized spacial score (nSPS) is 14.4. The zero-order valence-electron chi connectivity index (χ0n) is 14.3. The van der Waals surface area contributed by atoms with Crippen molar-refractivity contribution in [2.24, 2.45) is 16.6 Å². The molecule has 0 aliphatic rings. The molecule has 0 aromatic carbocycles. The van der Waals surface area contributed by atoms with Gasteiger partial charge in [0.25, 0.3) is 0 Å². The first-order chi connectivity index (χ1) is 8.15. The maximum absolute atomic E-state index is 12.3. The van der Waals surface area contributed by atoms with Crippen molar-refractivity contribution in [3.63, 3.8) is 0 Å². The summed E-state index contributed by atoms with van der Waals surface area (Å²) >= 11 is 0. The van der Waals surface area contributed by atoms with Crippen LogP contribution in [0, 0.1) is 10.8 Å². The number of carbonyl (C=O) groups excluding carboxylic acids is 1. The lowest BCUT2D eigenvalue weighted by Crippen LogP contribution is -2.50. The van der Waals surface area contributed by atoms with Crippen LogP contribution < -0.4 is 5.73 Å². The van der Waals surface area contributed by atoms with Gasteiger partial charge in [0.05, 0.1) is 5.41 Å². The fraction of sp³-hybridized carbons (Fsp3) is 0.938. The molecule has 0 bridgehead atoms. The lowest BCUT2D eigenvalue weighted by molar-refractivity contribution is -0.180. The number of nitrogens with two attached hydrogens (primary N) is 1. The number of carbonyl (C=O) groups is 1. The van der Waals surface area contributed by atoms with Gasteiger partial charge in [-0.3, -0.25) is 4.79 Å². The third kappa shape index (κ3) is 5.13. The molecule has 0 unspecified atom stereocenters. The van der Waals surface area contributed by atoms with Crippen molar-refractivity contribution in [3.05, 3.63) is 0 Å². The predicted molar refractivity (Wildman–Crippen MR) is 80.9 cm³/mol. The third-order valence-electron chi connectivity index (χ3n) is 4.31. The van der Waals surface area contributed by atoms with Crippen molar-refractivity contribution in [1.82, 2.24) is 0 Å². The van der Waals surface area contributed by atoms with Crippen LogP contribution >= 0.6 is 0 Å². The Labute approximate surface area is 119 Å². The minimum absolute atomic E-state index is 0.136. The van der Waals surface area contributed by atoms with E-state index in [2.05, 4.69) is 13.8 Å². The van der Waals surface area contributed by atoms with E-state index in [0.29, 0.717) is 0 Å². The van der Waals surface area contributed by atoms with Crippen LogP contribution in [0.5, 0.6) is 0 Å². The molecule has 114 valence electrons. The highest BCUT2D eigenvalue weighted by Crippen LogP contribution is 2.41. The molecule has 0 rings (SSSR count). The highest BCUT2D eigenvalue weighted by atomic mass is 16.6. The SMILES string of the molecule is CCC(C)(C)C(=O)OC(C)(C)C(C)(C)CC(C)(C)N. The number of hydrogen-bond donors (Lipinski definition) is 1. The average molecular weight is 271 g/mol. The molecule has 0 radical (unpaired) electrons. The van der Waals surface area contributed by atoms with Crippen LogP contribution in [-0.2, 0) is 9.53 Å². The second-order valence-corrected chi connectivity index (χ2v) is 8.19. The molecule has 0 fully saturated rings. The van der Waals surface area contributed by atoms with E-state index < -0.39 is 11.0 Å². The van der Waals surface area contributed by atoms with Crippen molar-refractivity contribution in [1.29, 1.82) is 0 Å². The van der Waals surface area contributed by atoms with E-state index in [9.17, 15) is 4.79 Å². The van der Waals surface area contributed by atoms with Crippen molar-refractivity contribution in [3.8, 4) is 0 Å². The zero-order chi connectivity index (χ0) is 15.7. The van der Waals surface area contributed by atoms with Gasteiger partial charge in [-0.15, -0.1) is 0 Å². The first-order valence-electron chi connectivity index (χ1n) is 7.17. The van der Waals surface area contributed by atoms with Gasteiger partial charge < -0.3 is 10.5 Å². The fourth-order valence-corrected chi connectivity index (χ4v) is 2.00. The molecule has 0 aliphatic carbocycles. The van der Waals surface area contributed by atoms with Gasteiger partial charge in [0, 0.05) is 11.0 Å². The topological polar surface area (TPSA) is 52.3 Å². The Morgan fingerprint density at radius 1 is 1.00 bits per heavy atom. The van der Waals surface area contributed by atoms with Crippen LogP contribution in [0.25, 0.3) is 0 Å². The lowest BCUT2D eigenvalue weighted by atomic mass is 9.70. The van der Waals surface area contributed by atoms with Crippen molar-refractivity contribution in [2.45, 2.75) is 86.3 Å². The summed E-state index contributed by atoms with van der Waals surface area (Å²) in [5.74, 6) is -0.136. The summed E-state index contributed by atoms with van der Waals surface area (Å²) in [5.41, 5.74) is 4.66. The molecule has 0 saturated carbocycles. The third-order valence-corrected chi connectivity index (χ3v) is 4.31. The Morgan fingerprint density at radius 2 is 1.42 bits per heavy atom. The molecule has 0 spiro atoms. The Morgan fingerprint density at radius 3 is 1.74 bits per heavy atom. The number of esters is 1. The van der Waals surface area contributed by atoms with Crippen LogP contribution in [0.4, 0.5) is 0 Å². The van der Waals surface area contributed by atoms with Gasteiger partial charge in [-0.2, -0.15) is 0 Å². The number of rotatable bonds is 6. The van der Waals surface area contributed by atoms with Crippen LogP contribution in [0.2, 0.25) is 0 Å². The van der Waals surface area contributed by atoms with Gasteiger partial charge in [0.2, 0.25) is 0 Å². The van der Waals surface area contributed by atoms with E-state index in [4.69, 9.17) is 10.5 Å². The largest absolute Gasteiger partial charge is 0.459 e. The fourth-order valence-electron chi connectivity index (χ4n) is 2.00. The Hall–Kier alpha value is -0.570. The van der Waals surface area contributed by atoms with E-state index >= 15 is 0 Å². The van der Waals surface area contributed by atoms with E-state index in [0.717, 1.165) is 12.8 Å². The van der Waals surface area contributed by atoms with Gasteiger partial charge in [0.15, 0.2) is 0 Å². The highest BCUT2D eigenvalue weighted by Gasteiger charge is 2.44. The predicted octanol–water partition coefficient (Wildman–Crippen LogP) is 3.90. The summed E-state index contributed by atoms with van der Waals surface area (Å²) < 4.78 is 5.81. The molecule has 0 heterocycles.